The highest BCUT2D eigenvalue weighted by Crippen LogP contribution is 2.13. The van der Waals surface area contributed by atoms with Gasteiger partial charge in [-0.1, -0.05) is 189 Å². The van der Waals surface area contributed by atoms with E-state index in [9.17, 15) is 14.4 Å². The van der Waals surface area contributed by atoms with E-state index in [1.807, 2.05) is 0 Å². The fraction of sp³-hybridized carbons (Fsp3) is 0.679. The van der Waals surface area contributed by atoms with Crippen LogP contribution in [0.3, 0.4) is 0 Å². The van der Waals surface area contributed by atoms with Crippen molar-refractivity contribution < 1.29 is 28.6 Å². The Hall–Kier alpha value is -3.41. The summed E-state index contributed by atoms with van der Waals surface area (Å²) in [7, 11) is 0. The van der Waals surface area contributed by atoms with Crippen LogP contribution < -0.4 is 0 Å². The van der Waals surface area contributed by atoms with Crippen LogP contribution in [-0.2, 0) is 28.6 Å². The molecule has 0 fully saturated rings. The van der Waals surface area contributed by atoms with Gasteiger partial charge in [0.15, 0.2) is 6.10 Å². The molecule has 0 heterocycles. The van der Waals surface area contributed by atoms with Gasteiger partial charge in [0.25, 0.3) is 0 Å². The third kappa shape index (κ3) is 45.5. The van der Waals surface area contributed by atoms with E-state index in [1.54, 1.807) is 0 Å². The quantitative estimate of drug-likeness (QED) is 0.0201. The SMILES string of the molecule is CC/C=C\C/C=C\C/C=C\CCCCCCCCCCCC(=O)OCC(COC(=O)CCCCC/C=C\C=C/CCCC)OC(=O)CCCCC/C=C\C=C/CCCC. The van der Waals surface area contributed by atoms with Gasteiger partial charge in [0.2, 0.25) is 0 Å². The van der Waals surface area contributed by atoms with Crippen LogP contribution in [0.5, 0.6) is 0 Å². The molecule has 0 aromatic rings. The van der Waals surface area contributed by atoms with Crippen molar-refractivity contribution in [3.05, 3.63) is 85.1 Å². The maximum atomic E-state index is 12.7. The second-order valence-corrected chi connectivity index (χ2v) is 15.7. The summed E-state index contributed by atoms with van der Waals surface area (Å²) in [5, 5.41) is 0. The maximum absolute atomic E-state index is 12.7. The van der Waals surface area contributed by atoms with Gasteiger partial charge >= 0.3 is 17.9 Å². The number of hydrogen-bond acceptors (Lipinski definition) is 6. The number of hydrogen-bond donors (Lipinski definition) is 0. The summed E-state index contributed by atoms with van der Waals surface area (Å²) in [6.45, 7) is 6.35. The lowest BCUT2D eigenvalue weighted by Gasteiger charge is -2.18. The second-order valence-electron chi connectivity index (χ2n) is 15.7. The van der Waals surface area contributed by atoms with Crippen LogP contribution in [-0.4, -0.2) is 37.2 Å². The van der Waals surface area contributed by atoms with E-state index in [4.69, 9.17) is 14.2 Å². The summed E-state index contributed by atoms with van der Waals surface area (Å²) < 4.78 is 16.7. The number of ether oxygens (including phenoxy) is 3. The summed E-state index contributed by atoms with van der Waals surface area (Å²) in [4.78, 5) is 37.8. The van der Waals surface area contributed by atoms with Crippen LogP contribution in [0.25, 0.3) is 0 Å². The van der Waals surface area contributed by atoms with E-state index in [0.717, 1.165) is 103 Å². The summed E-state index contributed by atoms with van der Waals surface area (Å²) in [6, 6.07) is 0. The smallest absolute Gasteiger partial charge is 0.306 e. The van der Waals surface area contributed by atoms with Crippen molar-refractivity contribution in [2.24, 2.45) is 0 Å². The molecule has 0 saturated carbocycles. The highest BCUT2D eigenvalue weighted by molar-refractivity contribution is 5.71. The Balaban J connectivity index is 4.38. The normalized spacial score (nSPS) is 12.8. The van der Waals surface area contributed by atoms with Gasteiger partial charge in [-0.15, -0.1) is 0 Å². The fourth-order valence-corrected chi connectivity index (χ4v) is 6.23. The van der Waals surface area contributed by atoms with Gasteiger partial charge in [0.05, 0.1) is 0 Å². The van der Waals surface area contributed by atoms with E-state index in [0.29, 0.717) is 12.8 Å². The van der Waals surface area contributed by atoms with Crippen molar-refractivity contribution in [3.63, 3.8) is 0 Å². The Morgan fingerprint density at radius 1 is 0.373 bits per heavy atom. The first-order valence-corrected chi connectivity index (χ1v) is 24.1. The molecule has 0 aliphatic heterocycles. The van der Waals surface area contributed by atoms with Gasteiger partial charge in [-0.25, -0.2) is 0 Å². The molecule has 0 rings (SSSR count). The minimum Gasteiger partial charge on any atom is -0.462 e. The molecule has 6 nitrogen and oxygen atoms in total. The van der Waals surface area contributed by atoms with E-state index in [-0.39, 0.29) is 37.5 Å². The molecular formula is C53H88O6. The minimum atomic E-state index is -0.801. The van der Waals surface area contributed by atoms with Gasteiger partial charge in [0.1, 0.15) is 13.2 Å². The number of unbranched alkanes of at least 4 members (excludes halogenated alkanes) is 19. The zero-order valence-electron chi connectivity index (χ0n) is 38.2. The zero-order chi connectivity index (χ0) is 43.0. The first kappa shape index (κ1) is 55.6. The Bertz CT molecular complexity index is 1170. The summed E-state index contributed by atoms with van der Waals surface area (Å²) in [6.07, 6.45) is 60.0. The number of rotatable bonds is 42. The van der Waals surface area contributed by atoms with E-state index in [1.165, 1.54) is 70.6 Å². The highest BCUT2D eigenvalue weighted by Gasteiger charge is 2.19. The Kier molecular flexibility index (Phi) is 44.5. The van der Waals surface area contributed by atoms with Crippen molar-refractivity contribution in [2.75, 3.05) is 13.2 Å². The van der Waals surface area contributed by atoms with Gasteiger partial charge in [-0.05, 0) is 89.9 Å². The van der Waals surface area contributed by atoms with Crippen LogP contribution >= 0.6 is 0 Å². The fourth-order valence-electron chi connectivity index (χ4n) is 6.23. The summed E-state index contributed by atoms with van der Waals surface area (Å²) >= 11 is 0. The predicted octanol–water partition coefficient (Wildman–Crippen LogP) is 15.6. The van der Waals surface area contributed by atoms with E-state index >= 15 is 0 Å². The van der Waals surface area contributed by atoms with Crippen molar-refractivity contribution >= 4 is 17.9 Å². The molecule has 0 radical (unpaired) electrons. The van der Waals surface area contributed by atoms with Crippen LogP contribution in [0, 0.1) is 0 Å². The molecule has 59 heavy (non-hydrogen) atoms. The maximum Gasteiger partial charge on any atom is 0.306 e. The molecule has 0 bridgehead atoms. The molecule has 1 unspecified atom stereocenters. The molecule has 0 saturated heterocycles. The van der Waals surface area contributed by atoms with E-state index < -0.39 is 6.10 Å². The standard InChI is InChI=1S/C53H88O6/c1-4-7-10-13-16-19-22-23-24-25-26-27-28-29-32-34-37-40-43-46-52(55)58-49-50(59-53(56)47-44-41-38-35-31-21-18-15-12-9-6-3)48-57-51(54)45-42-39-36-33-30-20-17-14-11-8-5-2/h7,10,14-21,23-24,30-31,50H,4-6,8-9,11-13,22,25-29,32-49H2,1-3H3/b10-7-,17-14-,18-15-,19-16-,24-23-,30-20-,31-21-. The molecule has 336 valence electrons. The Morgan fingerprint density at radius 2 is 0.712 bits per heavy atom. The number of carbonyl (C=O) groups is 3. The topological polar surface area (TPSA) is 78.9 Å². The predicted molar refractivity (Wildman–Crippen MR) is 251 cm³/mol. The average molecular weight is 821 g/mol. The van der Waals surface area contributed by atoms with Crippen molar-refractivity contribution in [3.8, 4) is 0 Å². The second kappa shape index (κ2) is 47.3. The van der Waals surface area contributed by atoms with Gasteiger partial charge in [0, 0.05) is 19.3 Å². The van der Waals surface area contributed by atoms with Crippen LogP contribution in [0.2, 0.25) is 0 Å². The largest absolute Gasteiger partial charge is 0.462 e. The van der Waals surface area contributed by atoms with Gasteiger partial charge in [-0.2, -0.15) is 0 Å². The van der Waals surface area contributed by atoms with Crippen molar-refractivity contribution in [1.82, 2.24) is 0 Å². The number of esters is 3. The third-order valence-electron chi connectivity index (χ3n) is 9.91. The van der Waals surface area contributed by atoms with Crippen LogP contribution in [0.15, 0.2) is 85.1 Å². The average Bonchev–Trinajstić information content (AvgIpc) is 3.23. The van der Waals surface area contributed by atoms with Crippen LogP contribution in [0.4, 0.5) is 0 Å². The van der Waals surface area contributed by atoms with Gasteiger partial charge in [-0.3, -0.25) is 14.4 Å². The summed E-state index contributed by atoms with van der Waals surface area (Å²) in [5.74, 6) is -0.968. The molecule has 0 N–H and O–H groups in total. The molecule has 0 aromatic carbocycles. The molecular weight excluding hydrogens is 733 g/mol. The Morgan fingerprint density at radius 3 is 1.15 bits per heavy atom. The molecule has 0 aliphatic rings. The first-order chi connectivity index (χ1) is 29.0. The molecule has 0 aromatic heterocycles. The van der Waals surface area contributed by atoms with Gasteiger partial charge < -0.3 is 14.2 Å². The number of allylic oxidation sites excluding steroid dienone is 14. The highest BCUT2D eigenvalue weighted by atomic mass is 16.6. The lowest BCUT2D eigenvalue weighted by Crippen LogP contribution is -2.30. The molecule has 0 spiro atoms. The third-order valence-corrected chi connectivity index (χ3v) is 9.91. The Labute approximate surface area is 363 Å². The number of carbonyl (C=O) groups excluding carboxylic acids is 3. The monoisotopic (exact) mass is 821 g/mol. The van der Waals surface area contributed by atoms with Crippen LogP contribution in [0.1, 0.15) is 213 Å². The van der Waals surface area contributed by atoms with Crippen molar-refractivity contribution in [1.29, 1.82) is 0 Å². The molecule has 0 amide bonds. The summed E-state index contributed by atoms with van der Waals surface area (Å²) in [5.41, 5.74) is 0. The minimum absolute atomic E-state index is 0.0998. The molecule has 0 aliphatic carbocycles. The molecule has 6 heteroatoms. The lowest BCUT2D eigenvalue weighted by atomic mass is 10.1. The molecule has 1 atom stereocenters. The van der Waals surface area contributed by atoms with E-state index in [2.05, 4.69) is 106 Å². The zero-order valence-corrected chi connectivity index (χ0v) is 38.2. The lowest BCUT2D eigenvalue weighted by molar-refractivity contribution is -0.167. The van der Waals surface area contributed by atoms with Crippen molar-refractivity contribution in [2.45, 2.75) is 219 Å². The first-order valence-electron chi connectivity index (χ1n) is 24.1.